The molecule has 1 amide bonds. The number of nitriles is 1. The number of halogens is 3. The third kappa shape index (κ3) is 4.17. The molecule has 0 aliphatic carbocycles. The number of aryl methyl sites for hydroxylation is 1. The van der Waals surface area contributed by atoms with Crippen LogP contribution in [0.15, 0.2) is 29.3 Å². The summed E-state index contributed by atoms with van der Waals surface area (Å²) in [6.45, 7) is 1.40. The van der Waals surface area contributed by atoms with Gasteiger partial charge in [-0.2, -0.15) is 27.2 Å². The quantitative estimate of drug-likeness (QED) is 0.655. The SMILES string of the molecule is Cc1cc(C(F)(F)F)c(C#N)c(SCC(=O)Nc2cccc3nsnc23)n1. The number of hydrogen-bond acceptors (Lipinski definition) is 7. The highest BCUT2D eigenvalue weighted by atomic mass is 32.2. The summed E-state index contributed by atoms with van der Waals surface area (Å²) in [6, 6.07) is 7.46. The average Bonchev–Trinajstić information content (AvgIpc) is 3.08. The van der Waals surface area contributed by atoms with Gasteiger partial charge in [-0.1, -0.05) is 17.8 Å². The number of carbonyl (C=O) groups is 1. The van der Waals surface area contributed by atoms with Gasteiger partial charge in [-0.15, -0.1) is 0 Å². The summed E-state index contributed by atoms with van der Waals surface area (Å²) in [7, 11) is 0. The van der Waals surface area contributed by atoms with Crippen LogP contribution in [0.25, 0.3) is 11.0 Å². The van der Waals surface area contributed by atoms with Crippen molar-refractivity contribution in [1.82, 2.24) is 13.7 Å². The van der Waals surface area contributed by atoms with E-state index in [2.05, 4.69) is 19.0 Å². The van der Waals surface area contributed by atoms with Crippen LogP contribution in [0, 0.1) is 18.3 Å². The van der Waals surface area contributed by atoms with E-state index in [1.807, 2.05) is 0 Å². The van der Waals surface area contributed by atoms with E-state index in [4.69, 9.17) is 5.26 Å². The number of hydrogen-bond donors (Lipinski definition) is 1. The van der Waals surface area contributed by atoms with Gasteiger partial charge in [0.1, 0.15) is 22.1 Å². The van der Waals surface area contributed by atoms with Gasteiger partial charge in [0, 0.05) is 5.69 Å². The third-order valence-electron chi connectivity index (χ3n) is 3.43. The zero-order chi connectivity index (χ0) is 19.6. The number of fused-ring (bicyclic) bond motifs is 1. The normalized spacial score (nSPS) is 11.4. The van der Waals surface area contributed by atoms with Crippen LogP contribution in [0.4, 0.5) is 18.9 Å². The Hall–Kier alpha value is -2.71. The smallest absolute Gasteiger partial charge is 0.323 e. The van der Waals surface area contributed by atoms with E-state index in [1.165, 1.54) is 6.92 Å². The third-order valence-corrected chi connectivity index (χ3v) is 4.95. The molecule has 2 aromatic heterocycles. The first kappa shape index (κ1) is 19.1. The van der Waals surface area contributed by atoms with Crippen LogP contribution in [-0.2, 0) is 11.0 Å². The van der Waals surface area contributed by atoms with Gasteiger partial charge in [0.05, 0.1) is 34.3 Å². The van der Waals surface area contributed by atoms with Gasteiger partial charge in [0.25, 0.3) is 0 Å². The van der Waals surface area contributed by atoms with E-state index in [0.717, 1.165) is 29.6 Å². The molecule has 3 aromatic rings. The summed E-state index contributed by atoms with van der Waals surface area (Å²) in [4.78, 5) is 16.2. The lowest BCUT2D eigenvalue weighted by molar-refractivity contribution is -0.138. The maximum absolute atomic E-state index is 13.1. The molecule has 0 fully saturated rings. The van der Waals surface area contributed by atoms with Crippen molar-refractivity contribution in [2.75, 3.05) is 11.1 Å². The van der Waals surface area contributed by atoms with Crippen molar-refractivity contribution >= 4 is 46.1 Å². The molecule has 0 bridgehead atoms. The maximum atomic E-state index is 13.1. The highest BCUT2D eigenvalue weighted by Crippen LogP contribution is 2.35. The summed E-state index contributed by atoms with van der Waals surface area (Å²) in [6.07, 6.45) is -4.68. The van der Waals surface area contributed by atoms with Crippen LogP contribution in [-0.4, -0.2) is 25.4 Å². The summed E-state index contributed by atoms with van der Waals surface area (Å²) in [5.74, 6) is -0.669. The fourth-order valence-corrected chi connectivity index (χ4v) is 3.71. The zero-order valence-corrected chi connectivity index (χ0v) is 15.3. The predicted molar refractivity (Wildman–Crippen MR) is 95.5 cm³/mol. The van der Waals surface area contributed by atoms with Crippen molar-refractivity contribution in [2.24, 2.45) is 0 Å². The Labute approximate surface area is 159 Å². The molecule has 3 rings (SSSR count). The summed E-state index contributed by atoms with van der Waals surface area (Å²) in [5.41, 5.74) is 0.0949. The molecule has 1 aromatic carbocycles. The van der Waals surface area contributed by atoms with Crippen molar-refractivity contribution in [3.63, 3.8) is 0 Å². The number of carbonyl (C=O) groups excluding carboxylic acids is 1. The summed E-state index contributed by atoms with van der Waals surface area (Å²) >= 11 is 1.78. The van der Waals surface area contributed by atoms with E-state index in [9.17, 15) is 18.0 Å². The van der Waals surface area contributed by atoms with Crippen molar-refractivity contribution in [1.29, 1.82) is 5.26 Å². The Kier molecular flexibility index (Phi) is 5.29. The topological polar surface area (TPSA) is 91.6 Å². The van der Waals surface area contributed by atoms with Gasteiger partial charge in [-0.25, -0.2) is 4.98 Å². The average molecular weight is 409 g/mol. The van der Waals surface area contributed by atoms with Gasteiger partial charge >= 0.3 is 6.18 Å². The van der Waals surface area contributed by atoms with Gasteiger partial charge in [0.15, 0.2) is 0 Å². The van der Waals surface area contributed by atoms with Crippen LogP contribution < -0.4 is 5.32 Å². The maximum Gasteiger partial charge on any atom is 0.417 e. The molecule has 0 aliphatic heterocycles. The van der Waals surface area contributed by atoms with E-state index in [-0.39, 0.29) is 16.5 Å². The predicted octanol–water partition coefficient (Wildman–Crippen LogP) is 4.02. The molecule has 1 N–H and O–H groups in total. The highest BCUT2D eigenvalue weighted by molar-refractivity contribution is 8.00. The molecule has 11 heteroatoms. The second-order valence-corrected chi connectivity index (χ2v) is 6.87. The summed E-state index contributed by atoms with van der Waals surface area (Å²) in [5, 5.41) is 11.6. The number of nitrogens with zero attached hydrogens (tertiary/aromatic N) is 4. The van der Waals surface area contributed by atoms with Gasteiger partial charge in [0.2, 0.25) is 5.91 Å². The largest absolute Gasteiger partial charge is 0.417 e. The first-order valence-corrected chi connectivity index (χ1v) is 9.14. The summed E-state index contributed by atoms with van der Waals surface area (Å²) < 4.78 is 47.5. The van der Waals surface area contributed by atoms with Crippen molar-refractivity contribution in [3.8, 4) is 6.07 Å². The zero-order valence-electron chi connectivity index (χ0n) is 13.7. The van der Waals surface area contributed by atoms with Crippen LogP contribution in [0.1, 0.15) is 16.8 Å². The van der Waals surface area contributed by atoms with Crippen LogP contribution in [0.2, 0.25) is 0 Å². The number of anilines is 1. The molecular formula is C16H10F3N5OS2. The van der Waals surface area contributed by atoms with Crippen molar-refractivity contribution in [2.45, 2.75) is 18.1 Å². The molecule has 6 nitrogen and oxygen atoms in total. The van der Waals surface area contributed by atoms with E-state index >= 15 is 0 Å². The lowest BCUT2D eigenvalue weighted by Crippen LogP contribution is -2.15. The molecule has 0 spiro atoms. The molecule has 0 saturated carbocycles. The van der Waals surface area contributed by atoms with Gasteiger partial charge in [-0.3, -0.25) is 4.79 Å². The van der Waals surface area contributed by atoms with Crippen LogP contribution in [0.3, 0.4) is 0 Å². The van der Waals surface area contributed by atoms with Crippen molar-refractivity contribution < 1.29 is 18.0 Å². The molecular weight excluding hydrogens is 399 g/mol. The first-order valence-electron chi connectivity index (χ1n) is 7.42. The number of aromatic nitrogens is 3. The Bertz CT molecular complexity index is 1060. The molecule has 0 radical (unpaired) electrons. The number of thioether (sulfide) groups is 1. The number of pyridine rings is 1. The molecule has 0 unspecified atom stereocenters. The number of nitrogens with one attached hydrogen (secondary N) is 1. The Balaban J connectivity index is 1.79. The fourth-order valence-electron chi connectivity index (χ4n) is 2.31. The van der Waals surface area contributed by atoms with Gasteiger partial charge in [-0.05, 0) is 25.1 Å². The Morgan fingerprint density at radius 1 is 1.37 bits per heavy atom. The Morgan fingerprint density at radius 2 is 2.15 bits per heavy atom. The molecule has 2 heterocycles. The molecule has 0 aliphatic rings. The molecule has 0 saturated heterocycles. The minimum atomic E-state index is -4.68. The number of benzene rings is 1. The van der Waals surface area contributed by atoms with Gasteiger partial charge < -0.3 is 5.32 Å². The molecule has 27 heavy (non-hydrogen) atoms. The standard InChI is InChI=1S/C16H10F3N5OS2/c1-8-5-10(16(17,18)19)9(6-20)15(21-8)26-7-13(25)22-11-3-2-4-12-14(11)24-27-23-12/h2-5H,7H2,1H3,(H,22,25). The first-order chi connectivity index (χ1) is 12.8. The second kappa shape index (κ2) is 7.50. The minimum Gasteiger partial charge on any atom is -0.323 e. The Morgan fingerprint density at radius 3 is 2.85 bits per heavy atom. The molecule has 0 atom stereocenters. The lowest BCUT2D eigenvalue weighted by Gasteiger charge is -2.12. The number of alkyl halides is 3. The number of rotatable bonds is 4. The van der Waals surface area contributed by atoms with E-state index in [0.29, 0.717) is 16.7 Å². The fraction of sp³-hybridized carbons (Fsp3) is 0.188. The minimum absolute atomic E-state index is 0.113. The van der Waals surface area contributed by atoms with E-state index < -0.39 is 23.2 Å². The number of amides is 1. The second-order valence-electron chi connectivity index (χ2n) is 5.38. The highest BCUT2D eigenvalue weighted by Gasteiger charge is 2.35. The van der Waals surface area contributed by atoms with Crippen molar-refractivity contribution in [3.05, 3.63) is 41.1 Å². The van der Waals surface area contributed by atoms with Crippen LogP contribution >= 0.6 is 23.5 Å². The molecule has 138 valence electrons. The van der Waals surface area contributed by atoms with Crippen LogP contribution in [0.5, 0.6) is 0 Å². The van der Waals surface area contributed by atoms with E-state index in [1.54, 1.807) is 24.3 Å². The monoisotopic (exact) mass is 409 g/mol. The lowest BCUT2D eigenvalue weighted by atomic mass is 10.1.